The monoisotopic (exact) mass is 269 g/mol. The number of amides is 2. The fraction of sp³-hybridized carbons (Fsp3) is 0.583. The van der Waals surface area contributed by atoms with E-state index in [1.54, 1.807) is 13.8 Å². The summed E-state index contributed by atoms with van der Waals surface area (Å²) in [5.74, 6) is -2.23. The summed E-state index contributed by atoms with van der Waals surface area (Å²) in [4.78, 5) is 39.2. The predicted molar refractivity (Wildman–Crippen MR) is 61.0 cm³/mol. The van der Waals surface area contributed by atoms with Crippen molar-refractivity contribution in [3.05, 3.63) is 12.3 Å². The van der Waals surface area contributed by atoms with E-state index in [1.807, 2.05) is 0 Å². The molecule has 1 atom stereocenters. The number of nitrogens with zero attached hydrogens (tertiary/aromatic N) is 1. The normalized spacial score (nSPS) is 25.7. The third-order valence-corrected chi connectivity index (χ3v) is 2.67. The van der Waals surface area contributed by atoms with Crippen LogP contribution in [0, 0.1) is 0 Å². The molecule has 2 aliphatic heterocycles. The number of ether oxygens (including phenoxy) is 2. The molecule has 7 nitrogen and oxygen atoms in total. The van der Waals surface area contributed by atoms with E-state index in [1.165, 1.54) is 0 Å². The van der Waals surface area contributed by atoms with Gasteiger partial charge in [0.25, 0.3) is 11.8 Å². The van der Waals surface area contributed by atoms with Gasteiger partial charge in [-0.15, -0.1) is 5.06 Å². The van der Waals surface area contributed by atoms with Crippen LogP contribution in [0.15, 0.2) is 12.3 Å². The molecule has 19 heavy (non-hydrogen) atoms. The van der Waals surface area contributed by atoms with Crippen molar-refractivity contribution < 1.29 is 28.7 Å². The zero-order valence-electron chi connectivity index (χ0n) is 10.8. The van der Waals surface area contributed by atoms with Crippen LogP contribution in [-0.2, 0) is 28.7 Å². The Balaban J connectivity index is 1.90. The van der Waals surface area contributed by atoms with Crippen molar-refractivity contribution in [1.29, 1.82) is 0 Å². The molecule has 104 valence electrons. The second kappa shape index (κ2) is 4.65. The number of cyclic esters (lactones) is 1. The van der Waals surface area contributed by atoms with Crippen molar-refractivity contribution >= 4 is 17.8 Å². The Hall–Kier alpha value is -1.89. The predicted octanol–water partition coefficient (Wildman–Crippen LogP) is 0.649. The number of imide groups is 1. The van der Waals surface area contributed by atoms with E-state index in [-0.39, 0.29) is 25.0 Å². The SMILES string of the molecule is C=C(C[C@@H]1OC(C)(C)OC1=O)ON1C(=O)CCC1=O. The molecule has 0 saturated carbocycles. The highest BCUT2D eigenvalue weighted by molar-refractivity contribution is 6.00. The van der Waals surface area contributed by atoms with E-state index in [0.717, 1.165) is 0 Å². The standard InChI is InChI=1S/C12H15NO6/c1-7(19-13-9(14)4-5-10(13)15)6-8-11(16)18-12(2,3)17-8/h8H,1,4-6H2,2-3H3/t8-/m0/s1. The Labute approximate surface area is 110 Å². The molecule has 2 fully saturated rings. The van der Waals surface area contributed by atoms with Gasteiger partial charge in [0.15, 0.2) is 6.10 Å². The molecule has 0 spiro atoms. The summed E-state index contributed by atoms with van der Waals surface area (Å²) in [5, 5.41) is 0.674. The van der Waals surface area contributed by atoms with Crippen LogP contribution in [0.4, 0.5) is 0 Å². The van der Waals surface area contributed by atoms with Crippen LogP contribution in [0.2, 0.25) is 0 Å². The number of hydrogen-bond acceptors (Lipinski definition) is 6. The van der Waals surface area contributed by atoms with Gasteiger partial charge in [0.1, 0.15) is 5.76 Å². The number of rotatable bonds is 4. The summed E-state index contributed by atoms with van der Waals surface area (Å²) in [5.41, 5.74) is 0. The highest BCUT2D eigenvalue weighted by Gasteiger charge is 2.42. The lowest BCUT2D eigenvalue weighted by Gasteiger charge is -2.18. The summed E-state index contributed by atoms with van der Waals surface area (Å²) in [6.07, 6.45) is -0.558. The Morgan fingerprint density at radius 3 is 2.42 bits per heavy atom. The van der Waals surface area contributed by atoms with E-state index in [0.29, 0.717) is 5.06 Å². The first-order chi connectivity index (χ1) is 8.78. The van der Waals surface area contributed by atoms with Gasteiger partial charge in [0, 0.05) is 33.1 Å². The van der Waals surface area contributed by atoms with Gasteiger partial charge in [-0.25, -0.2) is 4.79 Å². The van der Waals surface area contributed by atoms with Crippen LogP contribution in [-0.4, -0.2) is 34.7 Å². The van der Waals surface area contributed by atoms with Gasteiger partial charge in [0.05, 0.1) is 0 Å². The molecule has 7 heteroatoms. The molecule has 0 radical (unpaired) electrons. The lowest BCUT2D eigenvalue weighted by Crippen LogP contribution is -2.30. The second-order valence-electron chi connectivity index (χ2n) is 4.84. The molecule has 0 unspecified atom stereocenters. The summed E-state index contributed by atoms with van der Waals surface area (Å²) >= 11 is 0. The minimum Gasteiger partial charge on any atom is -0.432 e. The van der Waals surface area contributed by atoms with Crippen molar-refractivity contribution in [2.45, 2.75) is 45.0 Å². The molecule has 0 N–H and O–H groups in total. The molecular formula is C12H15NO6. The van der Waals surface area contributed by atoms with E-state index in [4.69, 9.17) is 14.3 Å². The fourth-order valence-electron chi connectivity index (χ4n) is 1.88. The molecule has 2 aliphatic rings. The van der Waals surface area contributed by atoms with Crippen LogP contribution in [0.25, 0.3) is 0 Å². The number of hydrogen-bond donors (Lipinski definition) is 0. The van der Waals surface area contributed by atoms with Crippen molar-refractivity contribution in [3.63, 3.8) is 0 Å². The highest BCUT2D eigenvalue weighted by atomic mass is 16.8. The van der Waals surface area contributed by atoms with Gasteiger partial charge in [0.2, 0.25) is 5.79 Å². The average molecular weight is 269 g/mol. The van der Waals surface area contributed by atoms with E-state index in [9.17, 15) is 14.4 Å². The van der Waals surface area contributed by atoms with Gasteiger partial charge >= 0.3 is 5.97 Å². The number of carbonyl (C=O) groups excluding carboxylic acids is 3. The van der Waals surface area contributed by atoms with E-state index in [2.05, 4.69) is 6.58 Å². The smallest absolute Gasteiger partial charge is 0.338 e. The third-order valence-electron chi connectivity index (χ3n) is 2.67. The third kappa shape index (κ3) is 2.93. The second-order valence-corrected chi connectivity index (χ2v) is 4.84. The lowest BCUT2D eigenvalue weighted by molar-refractivity contribution is -0.179. The molecule has 0 aromatic carbocycles. The fourth-order valence-corrected chi connectivity index (χ4v) is 1.88. The first-order valence-corrected chi connectivity index (χ1v) is 5.91. The first kappa shape index (κ1) is 13.5. The number of esters is 1. The molecule has 2 rings (SSSR count). The Morgan fingerprint density at radius 1 is 1.37 bits per heavy atom. The van der Waals surface area contributed by atoms with Crippen molar-refractivity contribution in [2.24, 2.45) is 0 Å². The molecule has 0 aromatic rings. The van der Waals surface area contributed by atoms with E-state index < -0.39 is 29.7 Å². The summed E-state index contributed by atoms with van der Waals surface area (Å²) in [7, 11) is 0. The molecular weight excluding hydrogens is 254 g/mol. The lowest BCUT2D eigenvalue weighted by atomic mass is 10.2. The molecule has 2 heterocycles. The maximum atomic E-state index is 11.5. The first-order valence-electron chi connectivity index (χ1n) is 5.91. The summed E-state index contributed by atoms with van der Waals surface area (Å²) in [6.45, 7) is 6.80. The molecule has 2 saturated heterocycles. The highest BCUT2D eigenvalue weighted by Crippen LogP contribution is 2.28. The number of carbonyl (C=O) groups is 3. The van der Waals surface area contributed by atoms with Crippen molar-refractivity contribution in [1.82, 2.24) is 5.06 Å². The van der Waals surface area contributed by atoms with Gasteiger partial charge in [-0.05, 0) is 0 Å². The average Bonchev–Trinajstić information content (AvgIpc) is 2.71. The molecule has 0 aliphatic carbocycles. The summed E-state index contributed by atoms with van der Waals surface area (Å²) in [6, 6.07) is 0. The number of hydroxylamine groups is 2. The van der Waals surface area contributed by atoms with E-state index >= 15 is 0 Å². The molecule has 0 aromatic heterocycles. The largest absolute Gasteiger partial charge is 0.432 e. The van der Waals surface area contributed by atoms with Crippen LogP contribution >= 0.6 is 0 Å². The molecule has 0 bridgehead atoms. The minimum atomic E-state index is -0.985. The minimum absolute atomic E-state index is 0.0271. The van der Waals surface area contributed by atoms with Gasteiger partial charge in [-0.3, -0.25) is 9.59 Å². The van der Waals surface area contributed by atoms with Gasteiger partial charge < -0.3 is 14.3 Å². The van der Waals surface area contributed by atoms with Gasteiger partial charge in [-0.1, -0.05) is 6.58 Å². The van der Waals surface area contributed by atoms with Crippen molar-refractivity contribution in [2.75, 3.05) is 0 Å². The Morgan fingerprint density at radius 2 is 1.95 bits per heavy atom. The quantitative estimate of drug-likeness (QED) is 0.423. The maximum absolute atomic E-state index is 11.5. The zero-order valence-corrected chi connectivity index (χ0v) is 10.8. The van der Waals surface area contributed by atoms with Crippen LogP contribution < -0.4 is 0 Å². The van der Waals surface area contributed by atoms with Crippen LogP contribution in [0.1, 0.15) is 33.1 Å². The summed E-state index contributed by atoms with van der Waals surface area (Å²) < 4.78 is 10.3. The Bertz CT molecular complexity index is 439. The topological polar surface area (TPSA) is 82.1 Å². The van der Waals surface area contributed by atoms with Crippen LogP contribution in [0.5, 0.6) is 0 Å². The maximum Gasteiger partial charge on any atom is 0.338 e. The van der Waals surface area contributed by atoms with Gasteiger partial charge in [-0.2, -0.15) is 0 Å². The molecule has 2 amide bonds. The van der Waals surface area contributed by atoms with Crippen molar-refractivity contribution in [3.8, 4) is 0 Å². The zero-order chi connectivity index (χ0) is 14.2. The van der Waals surface area contributed by atoms with Crippen LogP contribution in [0.3, 0.4) is 0 Å². The Kier molecular flexibility index (Phi) is 3.32.